The van der Waals surface area contributed by atoms with Crippen LogP contribution in [0.4, 0.5) is 0 Å². The van der Waals surface area contributed by atoms with Crippen LogP contribution in [0.5, 0.6) is 0 Å². The van der Waals surface area contributed by atoms with Crippen molar-refractivity contribution in [3.8, 4) is 0 Å². The highest BCUT2D eigenvalue weighted by Crippen LogP contribution is 2.22. The SMILES string of the molecule is Cc1cccc(C(=O)N(C)CC(C)(C)O)c1Br. The van der Waals surface area contributed by atoms with Gasteiger partial charge >= 0.3 is 0 Å². The smallest absolute Gasteiger partial charge is 0.254 e. The minimum absolute atomic E-state index is 0.0947. The molecule has 0 saturated heterocycles. The first-order chi connectivity index (χ1) is 7.72. The van der Waals surface area contributed by atoms with E-state index in [4.69, 9.17) is 0 Å². The monoisotopic (exact) mass is 299 g/mol. The maximum atomic E-state index is 12.2. The van der Waals surface area contributed by atoms with Crippen molar-refractivity contribution in [1.82, 2.24) is 4.90 Å². The van der Waals surface area contributed by atoms with Crippen LogP contribution in [0.15, 0.2) is 22.7 Å². The van der Waals surface area contributed by atoms with E-state index < -0.39 is 5.60 Å². The molecular weight excluding hydrogens is 282 g/mol. The number of halogens is 1. The minimum Gasteiger partial charge on any atom is -0.389 e. The summed E-state index contributed by atoms with van der Waals surface area (Å²) in [5.41, 5.74) is 0.755. The van der Waals surface area contributed by atoms with Crippen LogP contribution in [0.2, 0.25) is 0 Å². The van der Waals surface area contributed by atoms with E-state index in [1.165, 1.54) is 4.90 Å². The third-order valence-corrected chi connectivity index (χ3v) is 3.45. The van der Waals surface area contributed by atoms with Gasteiger partial charge in [-0.05, 0) is 48.3 Å². The van der Waals surface area contributed by atoms with E-state index >= 15 is 0 Å². The summed E-state index contributed by atoms with van der Waals surface area (Å²) in [4.78, 5) is 13.7. The van der Waals surface area contributed by atoms with Crippen LogP contribution in [0.1, 0.15) is 29.8 Å². The molecule has 1 amide bonds. The van der Waals surface area contributed by atoms with E-state index in [2.05, 4.69) is 15.9 Å². The van der Waals surface area contributed by atoms with Crippen LogP contribution >= 0.6 is 15.9 Å². The van der Waals surface area contributed by atoms with Crippen molar-refractivity contribution in [2.24, 2.45) is 0 Å². The molecule has 0 radical (unpaired) electrons. The zero-order chi connectivity index (χ0) is 13.2. The fourth-order valence-electron chi connectivity index (χ4n) is 1.67. The van der Waals surface area contributed by atoms with Gasteiger partial charge in [0.25, 0.3) is 5.91 Å². The second-order valence-electron chi connectivity index (χ2n) is 4.91. The average Bonchev–Trinajstić information content (AvgIpc) is 2.18. The molecule has 0 saturated carbocycles. The van der Waals surface area contributed by atoms with Crippen LogP contribution in [0.3, 0.4) is 0 Å². The minimum atomic E-state index is -0.888. The Hall–Kier alpha value is -0.870. The lowest BCUT2D eigenvalue weighted by Crippen LogP contribution is -2.39. The van der Waals surface area contributed by atoms with Crippen molar-refractivity contribution >= 4 is 21.8 Å². The predicted octanol–water partition coefficient (Wildman–Crippen LogP) is 2.60. The summed E-state index contributed by atoms with van der Waals surface area (Å²) in [5.74, 6) is -0.0947. The van der Waals surface area contributed by atoms with Gasteiger partial charge in [-0.1, -0.05) is 12.1 Å². The van der Waals surface area contributed by atoms with Crippen molar-refractivity contribution in [2.45, 2.75) is 26.4 Å². The molecule has 0 atom stereocenters. The van der Waals surface area contributed by atoms with Crippen molar-refractivity contribution in [3.63, 3.8) is 0 Å². The van der Waals surface area contributed by atoms with Crippen LogP contribution in [-0.4, -0.2) is 35.1 Å². The number of carbonyl (C=O) groups excluding carboxylic acids is 1. The Morgan fingerprint density at radius 1 is 1.47 bits per heavy atom. The van der Waals surface area contributed by atoms with Crippen LogP contribution in [-0.2, 0) is 0 Å². The Kier molecular flexibility index (Phi) is 4.33. The normalized spacial score (nSPS) is 11.4. The van der Waals surface area contributed by atoms with E-state index in [-0.39, 0.29) is 5.91 Å². The molecular formula is C13H18BrNO2. The molecule has 4 heteroatoms. The van der Waals surface area contributed by atoms with Gasteiger partial charge in [0.1, 0.15) is 0 Å². The summed E-state index contributed by atoms with van der Waals surface area (Å²) in [6, 6.07) is 5.57. The summed E-state index contributed by atoms with van der Waals surface area (Å²) in [6.45, 7) is 5.60. The number of rotatable bonds is 3. The first-order valence-electron chi connectivity index (χ1n) is 5.45. The number of carbonyl (C=O) groups is 1. The maximum Gasteiger partial charge on any atom is 0.254 e. The Bertz CT molecular complexity index is 424. The molecule has 1 aromatic rings. The molecule has 0 aliphatic carbocycles. The first-order valence-corrected chi connectivity index (χ1v) is 6.24. The third kappa shape index (κ3) is 3.82. The van der Waals surface area contributed by atoms with Gasteiger partial charge in [0.2, 0.25) is 0 Å². The summed E-state index contributed by atoms with van der Waals surface area (Å²) in [7, 11) is 1.69. The lowest BCUT2D eigenvalue weighted by Gasteiger charge is -2.26. The second kappa shape index (κ2) is 5.19. The molecule has 1 aromatic carbocycles. The average molecular weight is 300 g/mol. The van der Waals surface area contributed by atoms with Gasteiger partial charge < -0.3 is 10.0 Å². The second-order valence-corrected chi connectivity index (χ2v) is 5.70. The van der Waals surface area contributed by atoms with Gasteiger partial charge in [0, 0.05) is 18.1 Å². The third-order valence-electron chi connectivity index (χ3n) is 2.39. The zero-order valence-electron chi connectivity index (χ0n) is 10.6. The zero-order valence-corrected chi connectivity index (χ0v) is 12.2. The van der Waals surface area contributed by atoms with E-state index in [1.54, 1.807) is 27.0 Å². The Morgan fingerprint density at radius 2 is 2.06 bits per heavy atom. The van der Waals surface area contributed by atoms with Gasteiger partial charge in [-0.15, -0.1) is 0 Å². The Labute approximate surface area is 111 Å². The van der Waals surface area contributed by atoms with Crippen molar-refractivity contribution in [3.05, 3.63) is 33.8 Å². The standard InChI is InChI=1S/C13H18BrNO2/c1-9-6-5-7-10(11(9)14)12(16)15(4)8-13(2,3)17/h5-7,17H,8H2,1-4H3. The van der Waals surface area contributed by atoms with E-state index in [0.29, 0.717) is 12.1 Å². The number of aryl methyl sites for hydroxylation is 1. The molecule has 1 N–H and O–H groups in total. The van der Waals surface area contributed by atoms with Crippen LogP contribution in [0.25, 0.3) is 0 Å². The summed E-state index contributed by atoms with van der Waals surface area (Å²) in [5, 5.41) is 9.70. The lowest BCUT2D eigenvalue weighted by atomic mass is 10.1. The van der Waals surface area contributed by atoms with Gasteiger partial charge in [-0.3, -0.25) is 4.79 Å². The molecule has 0 spiro atoms. The summed E-state index contributed by atoms with van der Waals surface area (Å²) >= 11 is 3.42. The predicted molar refractivity (Wildman–Crippen MR) is 72.1 cm³/mol. The highest BCUT2D eigenvalue weighted by atomic mass is 79.9. The molecule has 0 aliphatic heterocycles. The van der Waals surface area contributed by atoms with Crippen molar-refractivity contribution in [2.75, 3.05) is 13.6 Å². The van der Waals surface area contributed by atoms with Crippen molar-refractivity contribution < 1.29 is 9.90 Å². The quantitative estimate of drug-likeness (QED) is 0.932. The number of hydrogen-bond donors (Lipinski definition) is 1. The van der Waals surface area contributed by atoms with E-state index in [9.17, 15) is 9.90 Å². The van der Waals surface area contributed by atoms with Gasteiger partial charge in [0.05, 0.1) is 11.2 Å². The molecule has 94 valence electrons. The Morgan fingerprint density at radius 3 is 2.59 bits per heavy atom. The molecule has 0 aromatic heterocycles. The van der Waals surface area contributed by atoms with Gasteiger partial charge in [-0.25, -0.2) is 0 Å². The molecule has 0 bridgehead atoms. The molecule has 0 unspecified atom stereocenters. The molecule has 0 heterocycles. The number of aliphatic hydroxyl groups is 1. The van der Waals surface area contributed by atoms with E-state index in [0.717, 1.165) is 10.0 Å². The fraction of sp³-hybridized carbons (Fsp3) is 0.462. The number of nitrogens with zero attached hydrogens (tertiary/aromatic N) is 1. The highest BCUT2D eigenvalue weighted by molar-refractivity contribution is 9.10. The van der Waals surface area contributed by atoms with Gasteiger partial charge in [-0.2, -0.15) is 0 Å². The van der Waals surface area contributed by atoms with Crippen LogP contribution < -0.4 is 0 Å². The first kappa shape index (κ1) is 14.2. The summed E-state index contributed by atoms with van der Waals surface area (Å²) in [6.07, 6.45) is 0. The molecule has 17 heavy (non-hydrogen) atoms. The largest absolute Gasteiger partial charge is 0.389 e. The maximum absolute atomic E-state index is 12.2. The lowest BCUT2D eigenvalue weighted by molar-refractivity contribution is 0.0367. The topological polar surface area (TPSA) is 40.5 Å². The van der Waals surface area contributed by atoms with Gasteiger partial charge in [0.15, 0.2) is 0 Å². The molecule has 3 nitrogen and oxygen atoms in total. The fourth-order valence-corrected chi connectivity index (χ4v) is 2.10. The number of likely N-dealkylation sites (N-methyl/N-ethyl adjacent to an activating group) is 1. The summed E-state index contributed by atoms with van der Waals surface area (Å²) < 4.78 is 0.813. The number of hydrogen-bond acceptors (Lipinski definition) is 2. The molecule has 0 fully saturated rings. The van der Waals surface area contributed by atoms with Crippen LogP contribution in [0, 0.1) is 6.92 Å². The van der Waals surface area contributed by atoms with E-state index in [1.807, 2.05) is 19.1 Å². The number of amides is 1. The number of benzene rings is 1. The van der Waals surface area contributed by atoms with Crippen molar-refractivity contribution in [1.29, 1.82) is 0 Å². The molecule has 1 rings (SSSR count). The Balaban J connectivity index is 2.93. The molecule has 0 aliphatic rings. The highest BCUT2D eigenvalue weighted by Gasteiger charge is 2.21.